The third-order valence-corrected chi connectivity index (χ3v) is 22.5. The molecule has 0 fully saturated rings. The third kappa shape index (κ3) is 19.4. The molecule has 11 atom stereocenters. The van der Waals surface area contributed by atoms with Crippen LogP contribution in [0.15, 0.2) is 103 Å². The number of nitrogens with one attached hydrogen (secondary N) is 2. The lowest BCUT2D eigenvalue weighted by Gasteiger charge is -2.43. The summed E-state index contributed by atoms with van der Waals surface area (Å²) in [5.41, 5.74) is 5.29. The molecule has 0 aliphatic heterocycles. The predicted molar refractivity (Wildman–Crippen MR) is 345 cm³/mol. The average molecular weight is 1240 g/mol. The second kappa shape index (κ2) is 33.5. The van der Waals surface area contributed by atoms with E-state index < -0.39 is 117 Å². The van der Waals surface area contributed by atoms with Gasteiger partial charge in [0.05, 0.1) is 12.6 Å². The Balaban J connectivity index is 1.50. The van der Waals surface area contributed by atoms with Crippen LogP contribution in [0.5, 0.6) is 0 Å². The van der Waals surface area contributed by atoms with Crippen LogP contribution in [0.1, 0.15) is 138 Å². The van der Waals surface area contributed by atoms with Crippen molar-refractivity contribution in [2.75, 3.05) is 40.9 Å². The molecule has 0 unspecified atom stereocenters. The average Bonchev–Trinajstić information content (AvgIpc) is 2.93. The van der Waals surface area contributed by atoms with Gasteiger partial charge in [-0.3, -0.25) is 24.1 Å². The van der Waals surface area contributed by atoms with Crippen molar-refractivity contribution in [1.82, 2.24) is 25.3 Å². The summed E-state index contributed by atoms with van der Waals surface area (Å²) in [6, 6.07) is 20.9. The minimum absolute atomic E-state index is 0.0309. The molecule has 18 nitrogen and oxygen atoms in total. The Labute approximate surface area is 525 Å². The number of fused-ring (bicyclic) bond motifs is 3. The molecule has 0 spiro atoms. The van der Waals surface area contributed by atoms with Crippen LogP contribution in [-0.2, 0) is 63.4 Å². The molecule has 0 bridgehead atoms. The predicted octanol–water partition coefficient (Wildman–Crippen LogP) is 10.8. The summed E-state index contributed by atoms with van der Waals surface area (Å²) < 4.78 is 30.7. The van der Waals surface area contributed by atoms with Gasteiger partial charge < -0.3 is 43.8 Å². The van der Waals surface area contributed by atoms with Crippen LogP contribution in [0, 0.1) is 23.7 Å². The van der Waals surface area contributed by atoms with Gasteiger partial charge in [0.25, 0.3) is 5.91 Å². The van der Waals surface area contributed by atoms with Crippen molar-refractivity contribution in [1.29, 1.82) is 0 Å². The SMILES string of the molecule is C=CCOC(=O)[C@@H](NC(=O)CN(C)C(=O)[C@@H](Cc1ccccc1)N(C)C(=O)[C@H](C)NC(=O)[C@H](OC(=O)/C(C)=C/C[C@H](O[Si](C)(C)C(C)(C)C)[C@H](C)[C@H](OC(=O)[C@H](C)N(C)C(=O)OCC1c2ccccc2-c2ccccc21)[C@@H](C)CC)[C@@H](C)CC)[C@@H](C)CC. The van der Waals surface area contributed by atoms with Crippen LogP contribution in [0.25, 0.3) is 11.1 Å². The van der Waals surface area contributed by atoms with Gasteiger partial charge in [0.15, 0.2) is 14.4 Å². The molecule has 2 N–H and O–H groups in total. The molecule has 1 aliphatic rings. The summed E-state index contributed by atoms with van der Waals surface area (Å²) in [5.74, 6) is -5.95. The number of hydrogen-bond acceptors (Lipinski definition) is 13. The summed E-state index contributed by atoms with van der Waals surface area (Å²) in [5, 5.41) is 5.24. The topological polar surface area (TPSA) is 216 Å². The van der Waals surface area contributed by atoms with Crippen molar-refractivity contribution in [3.05, 3.63) is 120 Å². The van der Waals surface area contributed by atoms with E-state index in [1.54, 1.807) is 45.9 Å². The highest BCUT2D eigenvalue weighted by atomic mass is 28.4. The molecule has 88 heavy (non-hydrogen) atoms. The Kier molecular flexibility index (Phi) is 27.9. The Morgan fingerprint density at radius 2 is 1.25 bits per heavy atom. The second-order valence-electron chi connectivity index (χ2n) is 25.4. The first-order valence-electron chi connectivity index (χ1n) is 31.1. The number of carbonyl (C=O) groups is 8. The van der Waals surface area contributed by atoms with Gasteiger partial charge in [-0.25, -0.2) is 19.2 Å². The molecule has 0 radical (unpaired) electrons. The van der Waals surface area contributed by atoms with Gasteiger partial charge in [0, 0.05) is 50.9 Å². The molecule has 19 heteroatoms. The third-order valence-electron chi connectivity index (χ3n) is 18.0. The maximum Gasteiger partial charge on any atom is 0.410 e. The van der Waals surface area contributed by atoms with Crippen LogP contribution in [0.2, 0.25) is 18.1 Å². The minimum Gasteiger partial charge on any atom is -0.460 e. The molecule has 0 saturated heterocycles. The molecule has 4 rings (SSSR count). The van der Waals surface area contributed by atoms with E-state index in [-0.39, 0.29) is 54.4 Å². The summed E-state index contributed by atoms with van der Waals surface area (Å²) >= 11 is 0. The first-order valence-corrected chi connectivity index (χ1v) is 34.0. The monoisotopic (exact) mass is 1240 g/mol. The Hall–Kier alpha value is -7.12. The molecule has 0 aromatic heterocycles. The largest absolute Gasteiger partial charge is 0.460 e. The molecular weight excluding hydrogens is 1130 g/mol. The summed E-state index contributed by atoms with van der Waals surface area (Å²) in [6.07, 6.45) is 1.91. The van der Waals surface area contributed by atoms with Gasteiger partial charge in [-0.1, -0.05) is 180 Å². The van der Waals surface area contributed by atoms with Crippen LogP contribution in [0.3, 0.4) is 0 Å². The number of rotatable bonds is 32. The fourth-order valence-corrected chi connectivity index (χ4v) is 11.7. The van der Waals surface area contributed by atoms with Crippen molar-refractivity contribution < 1.29 is 61.7 Å². The number of ether oxygens (including phenoxy) is 4. The van der Waals surface area contributed by atoms with E-state index in [1.165, 1.54) is 48.8 Å². The second-order valence-corrected chi connectivity index (χ2v) is 30.2. The molecule has 3 aromatic rings. The standard InChI is InChI=1S/C69H101N5O13Si/c1-20-39-83-67(81)59(43(5)21-2)71-58(75)41-72(15)64(78)56(40-50-31-25-24-26-32-50)74(17)63(77)48(10)70-62(76)61(45(7)23-4)86-65(79)46(8)37-38-57(87-88(18,19)69(12,13)14)47(9)60(44(6)22-3)85-66(80)49(11)73(16)68(82)84-42-55-53-35-29-27-33-51(53)52-34-28-30-36-54(52)55/h20,24-37,43-45,47-49,55-57,59-61H,1,21-23,38-42H2,2-19H3,(H,70,76)(H,71,75)/b46-37+/t43-,44-,45-,47-,48-,49-,56+,57-,59-,60+,61+/m0/s1. The summed E-state index contributed by atoms with van der Waals surface area (Å²) in [7, 11) is 1.88. The smallest absolute Gasteiger partial charge is 0.410 e. The first-order chi connectivity index (χ1) is 41.3. The Bertz CT molecular complexity index is 2860. The lowest BCUT2D eigenvalue weighted by molar-refractivity contribution is -0.162. The van der Waals surface area contributed by atoms with Gasteiger partial charge in [-0.15, -0.1) is 0 Å². The van der Waals surface area contributed by atoms with Crippen LogP contribution in [-0.4, -0.2) is 154 Å². The van der Waals surface area contributed by atoms with E-state index >= 15 is 0 Å². The summed E-state index contributed by atoms with van der Waals surface area (Å²) in [4.78, 5) is 115. The highest BCUT2D eigenvalue weighted by Gasteiger charge is 2.44. The fourth-order valence-electron chi connectivity index (χ4n) is 10.3. The van der Waals surface area contributed by atoms with E-state index in [4.69, 9.17) is 23.4 Å². The first kappa shape index (κ1) is 73.3. The molecule has 0 heterocycles. The van der Waals surface area contributed by atoms with E-state index in [2.05, 4.69) is 63.2 Å². The molecule has 5 amide bonds. The maximum absolute atomic E-state index is 14.3. The Morgan fingerprint density at radius 1 is 0.693 bits per heavy atom. The van der Waals surface area contributed by atoms with Gasteiger partial charge in [-0.05, 0) is 91.4 Å². The number of likely N-dealkylation sites (N-methyl/N-ethyl adjacent to an activating group) is 3. The molecular formula is C69H101N5O13Si. The van der Waals surface area contributed by atoms with Gasteiger partial charge in [-0.2, -0.15) is 0 Å². The van der Waals surface area contributed by atoms with Crippen molar-refractivity contribution in [2.45, 2.75) is 189 Å². The lowest BCUT2D eigenvalue weighted by atomic mass is 9.86. The normalized spacial score (nSPS) is 16.2. The van der Waals surface area contributed by atoms with Crippen molar-refractivity contribution in [3.8, 4) is 11.1 Å². The Morgan fingerprint density at radius 3 is 1.80 bits per heavy atom. The number of hydrogen-bond donors (Lipinski definition) is 2. The van der Waals surface area contributed by atoms with Crippen LogP contribution in [0.4, 0.5) is 4.79 Å². The van der Waals surface area contributed by atoms with Crippen molar-refractivity contribution in [3.63, 3.8) is 0 Å². The van der Waals surface area contributed by atoms with E-state index in [0.29, 0.717) is 19.3 Å². The minimum atomic E-state index is -2.53. The highest BCUT2D eigenvalue weighted by Crippen LogP contribution is 2.45. The van der Waals surface area contributed by atoms with Crippen LogP contribution >= 0.6 is 0 Å². The van der Waals surface area contributed by atoms with Gasteiger partial charge >= 0.3 is 24.0 Å². The lowest BCUT2D eigenvalue weighted by Crippen LogP contribution is -2.57. The number of carbonyl (C=O) groups excluding carboxylic acids is 8. The molecule has 3 aromatic carbocycles. The van der Waals surface area contributed by atoms with E-state index in [1.807, 2.05) is 89.2 Å². The van der Waals surface area contributed by atoms with Crippen molar-refractivity contribution >= 4 is 55.9 Å². The zero-order chi connectivity index (χ0) is 66.0. The zero-order valence-corrected chi connectivity index (χ0v) is 56.6. The zero-order valence-electron chi connectivity index (χ0n) is 55.6. The fraction of sp³-hybridized carbons (Fsp3) is 0.565. The number of amides is 5. The van der Waals surface area contributed by atoms with Crippen LogP contribution < -0.4 is 10.6 Å². The van der Waals surface area contributed by atoms with E-state index in [9.17, 15) is 38.4 Å². The quantitative estimate of drug-likeness (QED) is 0.0196. The molecule has 0 saturated carbocycles. The number of nitrogens with zero attached hydrogens (tertiary/aromatic N) is 3. The van der Waals surface area contributed by atoms with E-state index in [0.717, 1.165) is 27.8 Å². The van der Waals surface area contributed by atoms with Crippen molar-refractivity contribution in [2.24, 2.45) is 23.7 Å². The van der Waals surface area contributed by atoms with Gasteiger partial charge in [0.1, 0.15) is 43.5 Å². The number of benzene rings is 3. The maximum atomic E-state index is 14.3. The highest BCUT2D eigenvalue weighted by molar-refractivity contribution is 6.74. The molecule has 1 aliphatic carbocycles. The summed E-state index contributed by atoms with van der Waals surface area (Å²) in [6.45, 7) is 31.8. The number of esters is 3. The molecule has 484 valence electrons. The van der Waals surface area contributed by atoms with Gasteiger partial charge in [0.2, 0.25) is 17.7 Å².